The quantitative estimate of drug-likeness (QED) is 0.180. The molecule has 5 nitrogen and oxygen atoms in total. The van der Waals surface area contributed by atoms with Crippen molar-refractivity contribution in [2.24, 2.45) is 0 Å². The zero-order valence-corrected chi connectivity index (χ0v) is 29.0. The van der Waals surface area contributed by atoms with Crippen molar-refractivity contribution in [1.29, 1.82) is 0 Å². The third-order valence-corrected chi connectivity index (χ3v) is 10.4. The maximum absolute atomic E-state index is 6.84. The molecular formula is C49H30N4O. The molecule has 11 rings (SSSR count). The van der Waals surface area contributed by atoms with Crippen LogP contribution < -0.4 is 0 Å². The van der Waals surface area contributed by atoms with Crippen LogP contribution in [-0.2, 0) is 0 Å². The molecule has 3 aromatic heterocycles. The summed E-state index contributed by atoms with van der Waals surface area (Å²) in [5, 5.41) is 6.91. The largest absolute Gasteiger partial charge is 0.455 e. The van der Waals surface area contributed by atoms with Crippen LogP contribution in [0.1, 0.15) is 0 Å². The molecular weight excluding hydrogens is 661 g/mol. The minimum atomic E-state index is 0.554. The van der Waals surface area contributed by atoms with Crippen LogP contribution in [0.2, 0.25) is 0 Å². The van der Waals surface area contributed by atoms with Crippen molar-refractivity contribution in [3.05, 3.63) is 182 Å². The maximum Gasteiger partial charge on any atom is 0.167 e. The average Bonchev–Trinajstić information content (AvgIpc) is 3.80. The number of rotatable bonds is 5. The van der Waals surface area contributed by atoms with Crippen molar-refractivity contribution in [1.82, 2.24) is 19.5 Å². The van der Waals surface area contributed by atoms with Crippen LogP contribution in [0.15, 0.2) is 186 Å². The molecule has 3 heterocycles. The summed E-state index contributed by atoms with van der Waals surface area (Å²) in [5.74, 6) is 1.77. The number of para-hydroxylation sites is 2. The van der Waals surface area contributed by atoms with Crippen molar-refractivity contribution in [2.75, 3.05) is 0 Å². The number of benzene rings is 8. The molecule has 0 saturated carbocycles. The Bertz CT molecular complexity index is 3140. The van der Waals surface area contributed by atoms with E-state index < -0.39 is 0 Å². The molecule has 0 bridgehead atoms. The van der Waals surface area contributed by atoms with E-state index in [4.69, 9.17) is 19.4 Å². The Morgan fingerprint density at radius 1 is 0.370 bits per heavy atom. The molecule has 0 radical (unpaired) electrons. The Morgan fingerprint density at radius 2 is 0.907 bits per heavy atom. The number of hydrogen-bond donors (Lipinski definition) is 0. The molecule has 0 aliphatic rings. The van der Waals surface area contributed by atoms with Crippen molar-refractivity contribution >= 4 is 54.5 Å². The summed E-state index contributed by atoms with van der Waals surface area (Å²) in [7, 11) is 0. The molecule has 0 saturated heterocycles. The third-order valence-electron chi connectivity index (χ3n) is 10.4. The number of furan rings is 1. The fraction of sp³-hybridized carbons (Fsp3) is 0. The van der Waals surface area contributed by atoms with Crippen molar-refractivity contribution in [2.45, 2.75) is 0 Å². The van der Waals surface area contributed by atoms with Crippen LogP contribution in [0.5, 0.6) is 0 Å². The molecule has 0 amide bonds. The first-order chi connectivity index (χ1) is 26.8. The summed E-state index contributed by atoms with van der Waals surface area (Å²) in [6.45, 7) is 0. The normalized spacial score (nSPS) is 11.7. The highest BCUT2D eigenvalue weighted by Crippen LogP contribution is 2.45. The molecule has 0 unspecified atom stereocenters. The number of fused-ring (bicyclic) bond motifs is 8. The lowest BCUT2D eigenvalue weighted by molar-refractivity contribution is 0.669. The minimum absolute atomic E-state index is 0.554. The lowest BCUT2D eigenvalue weighted by Crippen LogP contribution is -2.01. The zero-order chi connectivity index (χ0) is 35.6. The first-order valence-electron chi connectivity index (χ1n) is 18.1. The van der Waals surface area contributed by atoms with Gasteiger partial charge in [-0.1, -0.05) is 152 Å². The van der Waals surface area contributed by atoms with E-state index in [2.05, 4.69) is 114 Å². The molecule has 0 fully saturated rings. The topological polar surface area (TPSA) is 56.7 Å². The zero-order valence-electron chi connectivity index (χ0n) is 29.0. The highest BCUT2D eigenvalue weighted by atomic mass is 16.3. The second kappa shape index (κ2) is 12.1. The number of aromatic nitrogens is 4. The molecule has 8 aromatic carbocycles. The minimum Gasteiger partial charge on any atom is -0.455 e. The van der Waals surface area contributed by atoms with Gasteiger partial charge in [0.05, 0.1) is 27.7 Å². The van der Waals surface area contributed by atoms with Crippen LogP contribution in [0, 0.1) is 0 Å². The molecule has 252 valence electrons. The third kappa shape index (κ3) is 4.69. The van der Waals surface area contributed by atoms with E-state index in [9.17, 15) is 0 Å². The summed E-state index contributed by atoms with van der Waals surface area (Å²) in [6, 6.07) is 63.3. The fourth-order valence-corrected chi connectivity index (χ4v) is 8.05. The molecule has 0 spiro atoms. The highest BCUT2D eigenvalue weighted by molar-refractivity contribution is 6.25. The SMILES string of the molecule is c1ccc(-c2nc(-c3ccccc3)nc(-c3ccc(-n4c5ccccc5c5c6ccccc6c(-c6ccccc6)cc54)c4c3oc3ccccc34)n2)cc1. The first kappa shape index (κ1) is 30.3. The molecule has 11 aromatic rings. The summed E-state index contributed by atoms with van der Waals surface area (Å²) < 4.78 is 9.25. The van der Waals surface area contributed by atoms with E-state index in [1.54, 1.807) is 0 Å². The van der Waals surface area contributed by atoms with E-state index in [-0.39, 0.29) is 0 Å². The van der Waals surface area contributed by atoms with Crippen molar-refractivity contribution in [3.63, 3.8) is 0 Å². The summed E-state index contributed by atoms with van der Waals surface area (Å²) in [5.41, 5.74) is 9.83. The van der Waals surface area contributed by atoms with E-state index in [0.717, 1.165) is 55.3 Å². The smallest absolute Gasteiger partial charge is 0.167 e. The predicted octanol–water partition coefficient (Wildman–Crippen LogP) is 12.7. The van der Waals surface area contributed by atoms with E-state index in [0.29, 0.717) is 17.5 Å². The maximum atomic E-state index is 6.84. The van der Waals surface area contributed by atoms with E-state index in [1.165, 1.54) is 32.7 Å². The molecule has 5 heteroatoms. The average molecular weight is 691 g/mol. The van der Waals surface area contributed by atoms with Gasteiger partial charge in [0.1, 0.15) is 11.2 Å². The number of nitrogens with zero attached hydrogens (tertiary/aromatic N) is 4. The molecule has 0 N–H and O–H groups in total. The van der Waals surface area contributed by atoms with Crippen molar-refractivity contribution < 1.29 is 4.42 Å². The molecule has 0 aliphatic heterocycles. The summed E-state index contributed by atoms with van der Waals surface area (Å²) in [4.78, 5) is 15.2. The van der Waals surface area contributed by atoms with Crippen LogP contribution in [0.25, 0.3) is 105 Å². The van der Waals surface area contributed by atoms with Crippen LogP contribution in [0.3, 0.4) is 0 Å². The van der Waals surface area contributed by atoms with Crippen molar-refractivity contribution in [3.8, 4) is 51.0 Å². The van der Waals surface area contributed by atoms with Gasteiger partial charge in [0.25, 0.3) is 0 Å². The van der Waals surface area contributed by atoms with E-state index >= 15 is 0 Å². The van der Waals surface area contributed by atoms with Gasteiger partial charge in [-0.25, -0.2) is 15.0 Å². The van der Waals surface area contributed by atoms with Gasteiger partial charge in [-0.05, 0) is 52.2 Å². The predicted molar refractivity (Wildman–Crippen MR) is 221 cm³/mol. The fourth-order valence-electron chi connectivity index (χ4n) is 8.05. The van der Waals surface area contributed by atoms with Gasteiger partial charge in [-0.15, -0.1) is 0 Å². The summed E-state index contributed by atoms with van der Waals surface area (Å²) in [6.07, 6.45) is 0. The van der Waals surface area contributed by atoms with Crippen LogP contribution in [0.4, 0.5) is 0 Å². The van der Waals surface area contributed by atoms with Gasteiger partial charge >= 0.3 is 0 Å². The second-order valence-corrected chi connectivity index (χ2v) is 13.6. The lowest BCUT2D eigenvalue weighted by Gasteiger charge is -2.14. The second-order valence-electron chi connectivity index (χ2n) is 13.6. The van der Waals surface area contributed by atoms with Gasteiger partial charge in [0, 0.05) is 27.3 Å². The first-order valence-corrected chi connectivity index (χ1v) is 18.1. The van der Waals surface area contributed by atoms with Gasteiger partial charge in [-0.2, -0.15) is 0 Å². The van der Waals surface area contributed by atoms with Gasteiger partial charge in [0.15, 0.2) is 17.5 Å². The Kier molecular flexibility index (Phi) is 6.79. The highest BCUT2D eigenvalue weighted by Gasteiger charge is 2.24. The Hall–Kier alpha value is -7.37. The van der Waals surface area contributed by atoms with Gasteiger partial charge in [0.2, 0.25) is 0 Å². The summed E-state index contributed by atoms with van der Waals surface area (Å²) >= 11 is 0. The Morgan fingerprint density at radius 3 is 1.59 bits per heavy atom. The van der Waals surface area contributed by atoms with Gasteiger partial charge < -0.3 is 8.98 Å². The standard InChI is InChI=1S/C49H30N4O/c1-4-16-31(17-5-1)39-30-42-44(35-23-11-10-22-34(35)39)36-24-12-14-26-40(36)53(42)41-29-28-38(46-45(41)37-25-13-15-27-43(37)54-46)49-51-47(32-18-6-2-7-19-32)50-48(52-49)33-20-8-3-9-21-33/h1-30H. The van der Waals surface area contributed by atoms with E-state index in [1.807, 2.05) is 72.8 Å². The molecule has 0 atom stereocenters. The Balaban J connectivity index is 1.24. The van der Waals surface area contributed by atoms with Crippen LogP contribution in [-0.4, -0.2) is 19.5 Å². The Labute approximate surface area is 310 Å². The molecule has 54 heavy (non-hydrogen) atoms. The monoisotopic (exact) mass is 690 g/mol. The lowest BCUT2D eigenvalue weighted by atomic mass is 9.95. The number of hydrogen-bond acceptors (Lipinski definition) is 4. The van der Waals surface area contributed by atoms with Crippen LogP contribution >= 0.6 is 0 Å². The molecule has 0 aliphatic carbocycles. The van der Waals surface area contributed by atoms with Gasteiger partial charge in [-0.3, -0.25) is 0 Å².